The summed E-state index contributed by atoms with van der Waals surface area (Å²) in [6.07, 6.45) is 8.58. The molecule has 0 spiro atoms. The average Bonchev–Trinajstić information content (AvgIpc) is 2.68. The van der Waals surface area contributed by atoms with Gasteiger partial charge in [-0.2, -0.15) is 0 Å². The van der Waals surface area contributed by atoms with E-state index < -0.39 is 0 Å². The standard InChI is InChI=1S/C23H26O3S/c1-2-3-4-5-6-7-8-16-21(24)26-19-14-11-13-18-22(25)17-12-9-10-15-20(17)27-23(18)19/h9-15H,2-8,16H2,1H3. The van der Waals surface area contributed by atoms with Gasteiger partial charge in [-0.15, -0.1) is 11.3 Å². The van der Waals surface area contributed by atoms with Crippen LogP contribution in [0.5, 0.6) is 5.75 Å². The van der Waals surface area contributed by atoms with Gasteiger partial charge in [-0.3, -0.25) is 9.59 Å². The number of ether oxygens (including phenoxy) is 1. The minimum Gasteiger partial charge on any atom is -0.425 e. The summed E-state index contributed by atoms with van der Waals surface area (Å²) in [6.45, 7) is 2.21. The lowest BCUT2D eigenvalue weighted by Crippen LogP contribution is -2.09. The van der Waals surface area contributed by atoms with Gasteiger partial charge < -0.3 is 4.74 Å². The van der Waals surface area contributed by atoms with E-state index in [9.17, 15) is 9.59 Å². The highest BCUT2D eigenvalue weighted by Gasteiger charge is 2.12. The van der Waals surface area contributed by atoms with Crippen molar-refractivity contribution in [1.82, 2.24) is 0 Å². The maximum atomic E-state index is 12.7. The zero-order valence-electron chi connectivity index (χ0n) is 15.8. The van der Waals surface area contributed by atoms with Crippen LogP contribution in [0.25, 0.3) is 20.2 Å². The van der Waals surface area contributed by atoms with Crippen molar-refractivity contribution in [3.05, 3.63) is 52.7 Å². The molecule has 2 aromatic carbocycles. The fourth-order valence-electron chi connectivity index (χ4n) is 3.28. The summed E-state index contributed by atoms with van der Waals surface area (Å²) in [7, 11) is 0. The summed E-state index contributed by atoms with van der Waals surface area (Å²) in [5.74, 6) is 0.275. The summed E-state index contributed by atoms with van der Waals surface area (Å²) >= 11 is 1.50. The van der Waals surface area contributed by atoms with Crippen molar-refractivity contribution >= 4 is 37.5 Å². The van der Waals surface area contributed by atoms with E-state index in [-0.39, 0.29) is 11.4 Å². The molecular weight excluding hydrogens is 356 g/mol. The fraction of sp³-hybridized carbons (Fsp3) is 0.391. The number of unbranched alkanes of at least 4 members (excludes halogenated alkanes) is 6. The molecule has 0 amide bonds. The molecule has 0 N–H and O–H groups in total. The van der Waals surface area contributed by atoms with E-state index in [1.165, 1.54) is 43.4 Å². The minimum absolute atomic E-state index is 0.00988. The Balaban J connectivity index is 1.66. The highest BCUT2D eigenvalue weighted by molar-refractivity contribution is 7.24. The molecule has 0 fully saturated rings. The van der Waals surface area contributed by atoms with E-state index in [0.29, 0.717) is 22.9 Å². The van der Waals surface area contributed by atoms with Crippen LogP contribution >= 0.6 is 11.3 Å². The lowest BCUT2D eigenvalue weighted by molar-refractivity contribution is -0.134. The third-order valence-electron chi connectivity index (χ3n) is 4.78. The first-order chi connectivity index (χ1) is 13.2. The van der Waals surface area contributed by atoms with Crippen LogP contribution < -0.4 is 10.2 Å². The lowest BCUT2D eigenvalue weighted by Gasteiger charge is -2.08. The number of carbonyl (C=O) groups excluding carboxylic acids is 1. The first kappa shape index (κ1) is 19.6. The van der Waals surface area contributed by atoms with Crippen LogP contribution in [-0.4, -0.2) is 5.97 Å². The largest absolute Gasteiger partial charge is 0.425 e. The molecule has 0 saturated heterocycles. The molecule has 0 aliphatic carbocycles. The number of hydrogen-bond acceptors (Lipinski definition) is 4. The van der Waals surface area contributed by atoms with Crippen molar-refractivity contribution < 1.29 is 9.53 Å². The zero-order chi connectivity index (χ0) is 19.1. The fourth-order valence-corrected chi connectivity index (χ4v) is 4.40. The van der Waals surface area contributed by atoms with Gasteiger partial charge in [0, 0.05) is 21.9 Å². The van der Waals surface area contributed by atoms with Crippen molar-refractivity contribution in [2.24, 2.45) is 0 Å². The molecule has 3 nitrogen and oxygen atoms in total. The predicted octanol–water partition coefficient (Wildman–Crippen LogP) is 6.46. The highest BCUT2D eigenvalue weighted by atomic mass is 32.1. The molecule has 3 aromatic rings. The monoisotopic (exact) mass is 382 g/mol. The van der Waals surface area contributed by atoms with Gasteiger partial charge >= 0.3 is 5.97 Å². The quantitative estimate of drug-likeness (QED) is 0.185. The maximum absolute atomic E-state index is 12.7. The summed E-state index contributed by atoms with van der Waals surface area (Å²) in [6, 6.07) is 12.9. The van der Waals surface area contributed by atoms with Crippen molar-refractivity contribution in [3.8, 4) is 5.75 Å². The number of rotatable bonds is 9. The summed E-state index contributed by atoms with van der Waals surface area (Å²) < 4.78 is 7.26. The van der Waals surface area contributed by atoms with E-state index in [1.54, 1.807) is 18.2 Å². The number of esters is 1. The molecule has 0 saturated carbocycles. The highest BCUT2D eigenvalue weighted by Crippen LogP contribution is 2.32. The number of benzene rings is 2. The lowest BCUT2D eigenvalue weighted by atomic mass is 10.1. The molecule has 0 radical (unpaired) electrons. The Morgan fingerprint density at radius 1 is 0.889 bits per heavy atom. The SMILES string of the molecule is CCCCCCCCCC(=O)Oc1cccc2c(=O)c3ccccc3sc12. The molecule has 3 rings (SSSR count). The maximum Gasteiger partial charge on any atom is 0.311 e. The van der Waals surface area contributed by atoms with Crippen molar-refractivity contribution in [2.45, 2.75) is 58.3 Å². The molecule has 0 unspecified atom stereocenters. The van der Waals surface area contributed by atoms with E-state index in [2.05, 4.69) is 6.92 Å². The van der Waals surface area contributed by atoms with Gasteiger partial charge in [0.25, 0.3) is 0 Å². The van der Waals surface area contributed by atoms with Crippen LogP contribution in [0, 0.1) is 0 Å². The second kappa shape index (κ2) is 9.65. The van der Waals surface area contributed by atoms with Crippen LogP contribution in [0.15, 0.2) is 47.3 Å². The Hall–Kier alpha value is -2.20. The minimum atomic E-state index is -0.219. The first-order valence-corrected chi connectivity index (χ1v) is 10.7. The van der Waals surface area contributed by atoms with E-state index in [4.69, 9.17) is 4.74 Å². The average molecular weight is 383 g/mol. The number of carbonyl (C=O) groups is 1. The summed E-state index contributed by atoms with van der Waals surface area (Å²) in [4.78, 5) is 25.0. The van der Waals surface area contributed by atoms with E-state index in [0.717, 1.165) is 22.2 Å². The Labute approximate surface area is 164 Å². The molecule has 0 bridgehead atoms. The summed E-state index contributed by atoms with van der Waals surface area (Å²) in [5, 5.41) is 1.32. The van der Waals surface area contributed by atoms with Gasteiger partial charge in [-0.05, 0) is 30.7 Å². The second-order valence-electron chi connectivity index (χ2n) is 6.91. The van der Waals surface area contributed by atoms with Crippen molar-refractivity contribution in [2.75, 3.05) is 0 Å². The predicted molar refractivity (Wildman–Crippen MR) is 114 cm³/mol. The van der Waals surface area contributed by atoms with Gasteiger partial charge in [0.2, 0.25) is 0 Å². The Bertz CT molecular complexity index is 974. The van der Waals surface area contributed by atoms with Crippen LogP contribution in [-0.2, 0) is 4.79 Å². The van der Waals surface area contributed by atoms with Gasteiger partial charge in [-0.25, -0.2) is 0 Å². The Morgan fingerprint density at radius 2 is 1.59 bits per heavy atom. The topological polar surface area (TPSA) is 43.4 Å². The Morgan fingerprint density at radius 3 is 2.41 bits per heavy atom. The number of hydrogen-bond donors (Lipinski definition) is 0. The molecule has 0 aliphatic rings. The van der Waals surface area contributed by atoms with Crippen LogP contribution in [0.3, 0.4) is 0 Å². The van der Waals surface area contributed by atoms with E-state index in [1.807, 2.05) is 24.3 Å². The third-order valence-corrected chi connectivity index (χ3v) is 5.98. The summed E-state index contributed by atoms with van der Waals surface area (Å²) in [5.41, 5.74) is -0.00988. The van der Waals surface area contributed by atoms with Gasteiger partial charge in [0.15, 0.2) is 5.43 Å². The molecule has 27 heavy (non-hydrogen) atoms. The van der Waals surface area contributed by atoms with Crippen LogP contribution in [0.1, 0.15) is 58.3 Å². The normalized spacial score (nSPS) is 11.1. The third kappa shape index (κ3) is 4.95. The van der Waals surface area contributed by atoms with Crippen LogP contribution in [0.4, 0.5) is 0 Å². The Kier molecular flexibility index (Phi) is 6.99. The van der Waals surface area contributed by atoms with Crippen molar-refractivity contribution in [1.29, 1.82) is 0 Å². The number of fused-ring (bicyclic) bond motifs is 2. The first-order valence-electron chi connectivity index (χ1n) is 9.86. The van der Waals surface area contributed by atoms with Gasteiger partial charge in [0.05, 0.1) is 4.70 Å². The van der Waals surface area contributed by atoms with Crippen molar-refractivity contribution in [3.63, 3.8) is 0 Å². The molecular formula is C23H26O3S. The van der Waals surface area contributed by atoms with Gasteiger partial charge in [-0.1, -0.05) is 63.6 Å². The smallest absolute Gasteiger partial charge is 0.311 e. The molecule has 1 heterocycles. The van der Waals surface area contributed by atoms with Crippen LogP contribution in [0.2, 0.25) is 0 Å². The zero-order valence-corrected chi connectivity index (χ0v) is 16.6. The van der Waals surface area contributed by atoms with Gasteiger partial charge in [0.1, 0.15) is 5.75 Å². The molecule has 0 aliphatic heterocycles. The molecule has 4 heteroatoms. The van der Waals surface area contributed by atoms with E-state index >= 15 is 0 Å². The molecule has 0 atom stereocenters. The molecule has 142 valence electrons. The molecule has 1 aromatic heterocycles. The second-order valence-corrected chi connectivity index (χ2v) is 7.96.